The number of benzene rings is 1. The zero-order valence-electron chi connectivity index (χ0n) is 10.7. The fourth-order valence-electron chi connectivity index (χ4n) is 2.57. The molecule has 0 bridgehead atoms. The Morgan fingerprint density at radius 1 is 1.50 bits per heavy atom. The van der Waals surface area contributed by atoms with Crippen LogP contribution >= 0.6 is 0 Å². The number of carboxylic acids is 1. The predicted octanol–water partition coefficient (Wildman–Crippen LogP) is 3.51. The van der Waals surface area contributed by atoms with Crippen LogP contribution < -0.4 is 5.32 Å². The Morgan fingerprint density at radius 2 is 2.22 bits per heavy atom. The minimum atomic E-state index is -1.24. The number of hydrogen-bond acceptors (Lipinski definition) is 2. The van der Waals surface area contributed by atoms with Gasteiger partial charge >= 0.3 is 5.97 Å². The molecule has 1 saturated carbocycles. The highest BCUT2D eigenvalue weighted by Crippen LogP contribution is 2.39. The Labute approximate surface area is 106 Å². The third kappa shape index (κ3) is 2.47. The van der Waals surface area contributed by atoms with E-state index in [0.717, 1.165) is 12.8 Å². The summed E-state index contributed by atoms with van der Waals surface area (Å²) in [6.45, 7) is 4.39. The highest BCUT2D eigenvalue weighted by Gasteiger charge is 2.34. The molecule has 0 saturated heterocycles. The van der Waals surface area contributed by atoms with Gasteiger partial charge in [0.05, 0.1) is 5.56 Å². The van der Waals surface area contributed by atoms with Crippen LogP contribution in [0.4, 0.5) is 10.1 Å². The molecule has 0 spiro atoms. The number of rotatable bonds is 3. The normalized spacial score (nSPS) is 21.8. The molecule has 1 aliphatic rings. The summed E-state index contributed by atoms with van der Waals surface area (Å²) in [6, 6.07) is 4.51. The molecule has 1 fully saturated rings. The molecule has 0 aliphatic heterocycles. The highest BCUT2D eigenvalue weighted by molar-refractivity contribution is 5.88. The first-order valence-electron chi connectivity index (χ1n) is 6.19. The Bertz CT molecular complexity index is 471. The molecule has 2 N–H and O–H groups in total. The van der Waals surface area contributed by atoms with Crippen molar-refractivity contribution in [2.45, 2.75) is 39.2 Å². The Balaban J connectivity index is 2.16. The highest BCUT2D eigenvalue weighted by atomic mass is 19.1. The van der Waals surface area contributed by atoms with E-state index in [9.17, 15) is 9.18 Å². The molecule has 2 rings (SSSR count). The van der Waals surface area contributed by atoms with Crippen LogP contribution in [0.2, 0.25) is 0 Å². The van der Waals surface area contributed by atoms with Crippen molar-refractivity contribution < 1.29 is 14.3 Å². The van der Waals surface area contributed by atoms with Gasteiger partial charge in [0.15, 0.2) is 0 Å². The predicted molar refractivity (Wildman–Crippen MR) is 68.4 cm³/mol. The van der Waals surface area contributed by atoms with E-state index in [1.807, 2.05) is 0 Å². The summed E-state index contributed by atoms with van der Waals surface area (Å²) >= 11 is 0. The topological polar surface area (TPSA) is 49.3 Å². The lowest BCUT2D eigenvalue weighted by Gasteiger charge is -2.28. The van der Waals surface area contributed by atoms with Crippen molar-refractivity contribution in [1.29, 1.82) is 0 Å². The van der Waals surface area contributed by atoms with Crippen molar-refractivity contribution in [3.05, 3.63) is 29.6 Å². The number of nitrogens with one attached hydrogen (secondary N) is 1. The first-order valence-corrected chi connectivity index (χ1v) is 6.19. The third-order valence-electron chi connectivity index (χ3n) is 3.80. The Kier molecular flexibility index (Phi) is 3.28. The minimum absolute atomic E-state index is 0.196. The lowest BCUT2D eigenvalue weighted by molar-refractivity contribution is 0.0692. The smallest absolute Gasteiger partial charge is 0.338 e. The summed E-state index contributed by atoms with van der Waals surface area (Å²) in [6.07, 6.45) is 3.38. The van der Waals surface area contributed by atoms with E-state index >= 15 is 0 Å². The van der Waals surface area contributed by atoms with Gasteiger partial charge in [-0.25, -0.2) is 9.18 Å². The molecule has 1 unspecified atom stereocenters. The monoisotopic (exact) mass is 251 g/mol. The van der Waals surface area contributed by atoms with E-state index < -0.39 is 11.8 Å². The molecule has 0 aromatic heterocycles. The van der Waals surface area contributed by atoms with Crippen LogP contribution in [0, 0.1) is 11.2 Å². The van der Waals surface area contributed by atoms with E-state index in [1.165, 1.54) is 18.6 Å². The number of carboxylic acid groups (broad SMARTS) is 1. The fraction of sp³-hybridized carbons (Fsp3) is 0.500. The first kappa shape index (κ1) is 12.9. The van der Waals surface area contributed by atoms with Gasteiger partial charge in [-0.1, -0.05) is 20.3 Å². The van der Waals surface area contributed by atoms with E-state index in [0.29, 0.717) is 11.7 Å². The second kappa shape index (κ2) is 4.59. The van der Waals surface area contributed by atoms with Gasteiger partial charge in [-0.15, -0.1) is 0 Å². The zero-order chi connectivity index (χ0) is 13.3. The molecule has 1 atom stereocenters. The summed E-state index contributed by atoms with van der Waals surface area (Å²) in [4.78, 5) is 10.7. The van der Waals surface area contributed by atoms with Gasteiger partial charge in [0.25, 0.3) is 0 Å². The second-order valence-corrected chi connectivity index (χ2v) is 5.58. The molecule has 0 heterocycles. The molecule has 1 aromatic carbocycles. The fourth-order valence-corrected chi connectivity index (χ4v) is 2.57. The van der Waals surface area contributed by atoms with Gasteiger partial charge in [-0.2, -0.15) is 0 Å². The molecule has 98 valence electrons. The number of anilines is 1. The van der Waals surface area contributed by atoms with E-state index in [-0.39, 0.29) is 11.0 Å². The molecule has 0 amide bonds. The molecule has 1 aromatic rings. The SMILES string of the molecule is CC1(C)CCCC1Nc1ccc(C(=O)O)c(F)c1. The maximum atomic E-state index is 13.5. The summed E-state index contributed by atoms with van der Waals surface area (Å²) in [5.41, 5.74) is 0.561. The summed E-state index contributed by atoms with van der Waals surface area (Å²) < 4.78 is 13.5. The first-order chi connectivity index (χ1) is 8.40. The number of aromatic carboxylic acids is 1. The molecule has 0 radical (unpaired) electrons. The van der Waals surface area contributed by atoms with Crippen LogP contribution in [0.3, 0.4) is 0 Å². The lowest BCUT2D eigenvalue weighted by atomic mass is 9.87. The van der Waals surface area contributed by atoms with Crippen molar-refractivity contribution in [3.63, 3.8) is 0 Å². The van der Waals surface area contributed by atoms with Gasteiger partial charge in [-0.3, -0.25) is 0 Å². The number of halogens is 1. The lowest BCUT2D eigenvalue weighted by Crippen LogP contribution is -2.30. The summed E-state index contributed by atoms with van der Waals surface area (Å²) in [5, 5.41) is 12.1. The van der Waals surface area contributed by atoms with Gasteiger partial charge in [-0.05, 0) is 36.5 Å². The maximum absolute atomic E-state index is 13.5. The maximum Gasteiger partial charge on any atom is 0.338 e. The molecule has 3 nitrogen and oxygen atoms in total. The molecule has 1 aliphatic carbocycles. The van der Waals surface area contributed by atoms with Crippen LogP contribution in [-0.2, 0) is 0 Å². The second-order valence-electron chi connectivity index (χ2n) is 5.58. The van der Waals surface area contributed by atoms with Crippen LogP contribution in [0.25, 0.3) is 0 Å². The Hall–Kier alpha value is -1.58. The Morgan fingerprint density at radius 3 is 2.72 bits per heavy atom. The van der Waals surface area contributed by atoms with Crippen LogP contribution in [0.1, 0.15) is 43.5 Å². The van der Waals surface area contributed by atoms with Crippen LogP contribution in [0.5, 0.6) is 0 Å². The van der Waals surface area contributed by atoms with E-state index in [2.05, 4.69) is 19.2 Å². The summed E-state index contributed by atoms with van der Waals surface area (Å²) in [7, 11) is 0. The molecular weight excluding hydrogens is 233 g/mol. The minimum Gasteiger partial charge on any atom is -0.478 e. The third-order valence-corrected chi connectivity index (χ3v) is 3.80. The average Bonchev–Trinajstić information content (AvgIpc) is 2.58. The largest absolute Gasteiger partial charge is 0.478 e. The quantitative estimate of drug-likeness (QED) is 0.864. The van der Waals surface area contributed by atoms with Gasteiger partial charge < -0.3 is 10.4 Å². The van der Waals surface area contributed by atoms with Crippen molar-refractivity contribution in [2.75, 3.05) is 5.32 Å². The van der Waals surface area contributed by atoms with E-state index in [4.69, 9.17) is 5.11 Å². The van der Waals surface area contributed by atoms with Crippen molar-refractivity contribution in [1.82, 2.24) is 0 Å². The molecular formula is C14H18FNO2. The summed E-state index contributed by atoms with van der Waals surface area (Å²) in [5.74, 6) is -1.93. The van der Waals surface area contributed by atoms with Gasteiger partial charge in [0.2, 0.25) is 0 Å². The molecule has 18 heavy (non-hydrogen) atoms. The zero-order valence-corrected chi connectivity index (χ0v) is 10.7. The van der Waals surface area contributed by atoms with Crippen LogP contribution in [-0.4, -0.2) is 17.1 Å². The van der Waals surface area contributed by atoms with E-state index in [1.54, 1.807) is 6.07 Å². The number of carbonyl (C=O) groups is 1. The molecule has 4 heteroatoms. The van der Waals surface area contributed by atoms with Gasteiger partial charge in [0.1, 0.15) is 5.82 Å². The standard InChI is InChI=1S/C14H18FNO2/c1-14(2)7-3-4-12(14)16-9-5-6-10(13(17)18)11(15)8-9/h5-6,8,12,16H,3-4,7H2,1-2H3,(H,17,18). The van der Waals surface area contributed by atoms with Crippen molar-refractivity contribution >= 4 is 11.7 Å². The van der Waals surface area contributed by atoms with Crippen molar-refractivity contribution in [2.24, 2.45) is 5.41 Å². The van der Waals surface area contributed by atoms with Gasteiger partial charge in [0, 0.05) is 11.7 Å². The number of hydrogen-bond donors (Lipinski definition) is 2. The van der Waals surface area contributed by atoms with Crippen LogP contribution in [0.15, 0.2) is 18.2 Å². The van der Waals surface area contributed by atoms with Crippen molar-refractivity contribution in [3.8, 4) is 0 Å². The average molecular weight is 251 g/mol.